The lowest BCUT2D eigenvalue weighted by Crippen LogP contribution is -2.35. The molecule has 23 heavy (non-hydrogen) atoms. The molecule has 0 bridgehead atoms. The zero-order valence-corrected chi connectivity index (χ0v) is 18.4. The van der Waals surface area contributed by atoms with Gasteiger partial charge in [-0.1, -0.05) is 31.2 Å². The fraction of sp³-hybridized carbons (Fsp3) is 0.571. The van der Waals surface area contributed by atoms with Crippen molar-refractivity contribution in [1.29, 1.82) is 0 Å². The molecule has 0 aliphatic carbocycles. The van der Waals surface area contributed by atoms with Gasteiger partial charge >= 0.3 is 0 Å². The number of hydrogen-bond donors (Lipinski definition) is 0. The van der Waals surface area contributed by atoms with Gasteiger partial charge in [0.25, 0.3) is 0 Å². The number of sulfonamides is 1. The Labute approximate surface area is 157 Å². The van der Waals surface area contributed by atoms with E-state index in [0.717, 1.165) is 10.3 Å². The maximum atomic E-state index is 13.6. The van der Waals surface area contributed by atoms with E-state index in [9.17, 15) is 12.8 Å². The maximum absolute atomic E-state index is 13.6. The summed E-state index contributed by atoms with van der Waals surface area (Å²) in [6.07, 6.45) is 0. The molecule has 0 saturated heterocycles. The summed E-state index contributed by atoms with van der Waals surface area (Å²) in [6.45, 7) is 8.57. The van der Waals surface area contributed by atoms with E-state index in [1.807, 2.05) is 0 Å². The highest BCUT2D eigenvalue weighted by Crippen LogP contribution is 2.33. The number of nitrogens with zero attached hydrogens (tertiary/aromatic N) is 1. The predicted octanol–water partition coefficient (Wildman–Crippen LogP) is 4.55. The molecular formula is C14H22ClFINO3SSi. The third-order valence-electron chi connectivity index (χ3n) is 3.19. The first-order valence-electron chi connectivity index (χ1n) is 7.21. The molecule has 0 fully saturated rings. The molecule has 0 spiro atoms. The van der Waals surface area contributed by atoms with Crippen molar-refractivity contribution in [3.05, 3.63) is 26.5 Å². The number of benzene rings is 1. The first-order valence-corrected chi connectivity index (χ1v) is 14.0. The second-order valence-electron chi connectivity index (χ2n) is 6.29. The molecular weight excluding hydrogens is 472 g/mol. The fourth-order valence-electron chi connectivity index (χ4n) is 1.69. The van der Waals surface area contributed by atoms with Gasteiger partial charge in [-0.2, -0.15) is 0 Å². The summed E-state index contributed by atoms with van der Waals surface area (Å²) in [6, 6.07) is 3.51. The van der Waals surface area contributed by atoms with Gasteiger partial charge < -0.3 is 4.74 Å². The lowest BCUT2D eigenvalue weighted by Gasteiger charge is -2.25. The zero-order chi connectivity index (χ0) is 17.8. The monoisotopic (exact) mass is 493 g/mol. The minimum absolute atomic E-state index is 0.0800. The second kappa shape index (κ2) is 8.46. The number of hydrogen-bond acceptors (Lipinski definition) is 3. The molecule has 0 radical (unpaired) electrons. The van der Waals surface area contributed by atoms with Crippen molar-refractivity contribution in [2.45, 2.75) is 32.6 Å². The molecule has 132 valence electrons. The van der Waals surface area contributed by atoms with Gasteiger partial charge in [0.15, 0.2) is 0 Å². The van der Waals surface area contributed by atoms with E-state index >= 15 is 0 Å². The van der Waals surface area contributed by atoms with E-state index < -0.39 is 23.9 Å². The summed E-state index contributed by atoms with van der Waals surface area (Å²) < 4.78 is 45.1. The van der Waals surface area contributed by atoms with E-state index in [2.05, 4.69) is 19.6 Å². The molecule has 0 aliphatic heterocycles. The van der Waals surface area contributed by atoms with Crippen molar-refractivity contribution in [1.82, 2.24) is 0 Å². The Hall–Kier alpha value is 0.0969. The fourth-order valence-corrected chi connectivity index (χ4v) is 4.21. The maximum Gasteiger partial charge on any atom is 0.236 e. The van der Waals surface area contributed by atoms with Crippen LogP contribution in [0.5, 0.6) is 0 Å². The van der Waals surface area contributed by atoms with Crippen molar-refractivity contribution in [2.75, 3.05) is 23.4 Å². The molecule has 0 aromatic heterocycles. The molecule has 1 aromatic rings. The Morgan fingerprint density at radius 1 is 1.35 bits per heavy atom. The summed E-state index contributed by atoms with van der Waals surface area (Å²) in [5.74, 6) is -0.567. The topological polar surface area (TPSA) is 46.6 Å². The van der Waals surface area contributed by atoms with Crippen LogP contribution in [0.25, 0.3) is 0 Å². The van der Waals surface area contributed by atoms with Gasteiger partial charge in [-0.25, -0.2) is 17.1 Å². The standard InChI is InChI=1S/C14H22ClFINO3SSi/c1-5-22(19,20)18(10-21-8-9-23(2,3)4)12-7-6-11(16)14(17)13(12)15/h6-7H,5,8-10H2,1-4H3. The smallest absolute Gasteiger partial charge is 0.236 e. The van der Waals surface area contributed by atoms with Gasteiger partial charge in [-0.05, 0) is 47.7 Å². The molecule has 4 nitrogen and oxygen atoms in total. The number of anilines is 1. The normalized spacial score (nSPS) is 12.5. The largest absolute Gasteiger partial charge is 0.360 e. The molecule has 0 N–H and O–H groups in total. The number of ether oxygens (including phenoxy) is 1. The summed E-state index contributed by atoms with van der Waals surface area (Å²) in [7, 11) is -4.83. The van der Waals surface area contributed by atoms with E-state index in [-0.39, 0.29) is 26.8 Å². The molecule has 1 aromatic carbocycles. The summed E-state index contributed by atoms with van der Waals surface area (Å²) in [5, 5.41) is 0.0800. The van der Waals surface area contributed by atoms with Crippen LogP contribution in [0.2, 0.25) is 30.7 Å². The third-order valence-corrected chi connectivity index (χ3v) is 8.35. The average molecular weight is 494 g/mol. The lowest BCUT2D eigenvalue weighted by molar-refractivity contribution is 0.156. The quantitative estimate of drug-likeness (QED) is 0.175. The van der Waals surface area contributed by atoms with Gasteiger partial charge in [0.1, 0.15) is 12.5 Å². The first-order chi connectivity index (χ1) is 10.5. The highest BCUT2D eigenvalue weighted by molar-refractivity contribution is 14.1. The van der Waals surface area contributed by atoms with Gasteiger partial charge in [0, 0.05) is 14.7 Å². The first kappa shape index (κ1) is 21.1. The van der Waals surface area contributed by atoms with Crippen molar-refractivity contribution in [2.24, 2.45) is 0 Å². The third kappa shape index (κ3) is 6.15. The van der Waals surface area contributed by atoms with Crippen LogP contribution in [-0.2, 0) is 14.8 Å². The minimum Gasteiger partial charge on any atom is -0.360 e. The van der Waals surface area contributed by atoms with Gasteiger partial charge in [-0.3, -0.25) is 0 Å². The Kier molecular flexibility index (Phi) is 7.78. The molecule has 0 heterocycles. The van der Waals surface area contributed by atoms with Crippen molar-refractivity contribution in [3.63, 3.8) is 0 Å². The van der Waals surface area contributed by atoms with Crippen LogP contribution >= 0.6 is 34.2 Å². The summed E-state index contributed by atoms with van der Waals surface area (Å²) in [5.41, 5.74) is 0.243. The van der Waals surface area contributed by atoms with Crippen LogP contribution in [0.4, 0.5) is 10.1 Å². The lowest BCUT2D eigenvalue weighted by atomic mass is 10.3. The summed E-state index contributed by atoms with van der Waals surface area (Å²) in [4.78, 5) is 0. The van der Waals surface area contributed by atoms with Gasteiger partial charge in [0.05, 0.1) is 20.0 Å². The molecule has 0 atom stereocenters. The molecule has 0 amide bonds. The van der Waals surface area contributed by atoms with Crippen LogP contribution in [-0.4, -0.2) is 35.6 Å². The highest BCUT2D eigenvalue weighted by Gasteiger charge is 2.25. The van der Waals surface area contributed by atoms with Crippen LogP contribution in [0, 0.1) is 9.39 Å². The van der Waals surface area contributed by atoms with Crippen molar-refractivity contribution < 1.29 is 17.5 Å². The second-order valence-corrected chi connectivity index (χ2v) is 15.6. The van der Waals surface area contributed by atoms with Crippen LogP contribution in [0.1, 0.15) is 6.92 Å². The minimum atomic E-state index is -3.57. The zero-order valence-electron chi connectivity index (χ0n) is 13.7. The highest BCUT2D eigenvalue weighted by atomic mass is 127. The Morgan fingerprint density at radius 2 is 1.96 bits per heavy atom. The average Bonchev–Trinajstić information content (AvgIpc) is 2.45. The Morgan fingerprint density at radius 3 is 2.48 bits per heavy atom. The molecule has 0 unspecified atom stereocenters. The van der Waals surface area contributed by atoms with Crippen LogP contribution in [0.15, 0.2) is 12.1 Å². The van der Waals surface area contributed by atoms with E-state index in [0.29, 0.717) is 6.61 Å². The van der Waals surface area contributed by atoms with Crippen LogP contribution < -0.4 is 4.31 Å². The van der Waals surface area contributed by atoms with Gasteiger partial charge in [0.2, 0.25) is 10.0 Å². The van der Waals surface area contributed by atoms with Gasteiger partial charge in [-0.15, -0.1) is 0 Å². The molecule has 9 heteroatoms. The predicted molar refractivity (Wildman–Crippen MR) is 105 cm³/mol. The molecule has 0 saturated carbocycles. The SMILES string of the molecule is CCS(=O)(=O)N(COCC[Si](C)(C)C)c1ccc(F)c(I)c1Cl. The van der Waals surface area contributed by atoms with Crippen LogP contribution in [0.3, 0.4) is 0 Å². The molecule has 0 aliphatic rings. The van der Waals surface area contributed by atoms with Crippen molar-refractivity contribution in [3.8, 4) is 0 Å². The number of rotatable bonds is 8. The molecule has 1 rings (SSSR count). The van der Waals surface area contributed by atoms with E-state index in [4.69, 9.17) is 16.3 Å². The van der Waals surface area contributed by atoms with E-state index in [1.165, 1.54) is 12.1 Å². The van der Waals surface area contributed by atoms with E-state index in [1.54, 1.807) is 29.5 Å². The Balaban J connectivity index is 3.02. The number of halogens is 3. The summed E-state index contributed by atoms with van der Waals surface area (Å²) >= 11 is 7.90. The van der Waals surface area contributed by atoms with Crippen molar-refractivity contribution >= 4 is 58.0 Å². The Bertz CT molecular complexity index is 652.